The summed E-state index contributed by atoms with van der Waals surface area (Å²) in [5.41, 5.74) is 0.402. The number of aromatic hydroxyl groups is 2. The molecule has 0 saturated heterocycles. The summed E-state index contributed by atoms with van der Waals surface area (Å²) in [5.74, 6) is 0.612. The molecule has 0 atom stereocenters. The minimum absolute atomic E-state index is 0.0141. The lowest BCUT2D eigenvalue weighted by Crippen LogP contribution is -2.22. The molecule has 2 N–H and O–H groups in total. The first-order valence-corrected chi connectivity index (χ1v) is 5.76. The Morgan fingerprint density at radius 2 is 1.94 bits per heavy atom. The van der Waals surface area contributed by atoms with Gasteiger partial charge < -0.3 is 19.6 Å². The zero-order chi connectivity index (χ0) is 13.1. The van der Waals surface area contributed by atoms with Crippen LogP contribution in [0.5, 0.6) is 11.5 Å². The molecule has 0 aliphatic carbocycles. The molecule has 0 unspecified atom stereocenters. The van der Waals surface area contributed by atoms with Crippen LogP contribution in [-0.2, 0) is 0 Å². The summed E-state index contributed by atoms with van der Waals surface area (Å²) in [6, 6.07) is 4.22. The van der Waals surface area contributed by atoms with Crippen molar-refractivity contribution in [1.29, 1.82) is 0 Å². The van der Waals surface area contributed by atoms with E-state index in [1.807, 2.05) is 18.7 Å². The summed E-state index contributed by atoms with van der Waals surface area (Å²) < 4.78 is 5.11. The third kappa shape index (κ3) is 2.22. The van der Waals surface area contributed by atoms with Crippen LogP contribution in [0.2, 0.25) is 0 Å². The topological polar surface area (TPSA) is 82.6 Å². The van der Waals surface area contributed by atoms with Crippen LogP contribution < -0.4 is 4.90 Å². The van der Waals surface area contributed by atoms with E-state index in [0.717, 1.165) is 13.1 Å². The summed E-state index contributed by atoms with van der Waals surface area (Å²) in [5, 5.41) is 22.8. The van der Waals surface area contributed by atoms with E-state index >= 15 is 0 Å². The van der Waals surface area contributed by atoms with Crippen LogP contribution in [0.4, 0.5) is 5.95 Å². The van der Waals surface area contributed by atoms with Gasteiger partial charge in [0.15, 0.2) is 0 Å². The Kier molecular flexibility index (Phi) is 3.36. The predicted octanol–water partition coefficient (Wildman–Crippen LogP) is 1.99. The second kappa shape index (κ2) is 4.95. The van der Waals surface area contributed by atoms with Gasteiger partial charge in [0.05, 0.1) is 5.56 Å². The van der Waals surface area contributed by atoms with Crippen molar-refractivity contribution in [1.82, 2.24) is 10.1 Å². The molecule has 2 rings (SSSR count). The van der Waals surface area contributed by atoms with Crippen molar-refractivity contribution in [3.63, 3.8) is 0 Å². The Hall–Kier alpha value is -2.24. The highest BCUT2D eigenvalue weighted by Gasteiger charge is 2.15. The number of anilines is 1. The third-order valence-corrected chi connectivity index (χ3v) is 2.67. The molecule has 0 spiro atoms. The number of aromatic nitrogens is 2. The first-order valence-electron chi connectivity index (χ1n) is 5.76. The molecule has 1 heterocycles. The SMILES string of the molecule is CCN(CC)c1noc(-c2ccc(O)cc2O)n1. The van der Waals surface area contributed by atoms with E-state index in [2.05, 4.69) is 10.1 Å². The fraction of sp³-hybridized carbons (Fsp3) is 0.333. The van der Waals surface area contributed by atoms with Gasteiger partial charge in [-0.3, -0.25) is 0 Å². The van der Waals surface area contributed by atoms with Gasteiger partial charge in [0.1, 0.15) is 11.5 Å². The Morgan fingerprint density at radius 3 is 2.56 bits per heavy atom. The van der Waals surface area contributed by atoms with Crippen LogP contribution in [0.25, 0.3) is 11.5 Å². The van der Waals surface area contributed by atoms with Gasteiger partial charge in [0.2, 0.25) is 0 Å². The summed E-state index contributed by atoms with van der Waals surface area (Å²) in [4.78, 5) is 6.15. The Morgan fingerprint density at radius 1 is 1.22 bits per heavy atom. The lowest BCUT2D eigenvalue weighted by Gasteiger charge is -2.14. The summed E-state index contributed by atoms with van der Waals surface area (Å²) in [6.07, 6.45) is 0. The maximum absolute atomic E-state index is 9.71. The van der Waals surface area contributed by atoms with Crippen LogP contribution in [0.3, 0.4) is 0 Å². The summed E-state index contributed by atoms with van der Waals surface area (Å²) in [7, 11) is 0. The van der Waals surface area contributed by atoms with E-state index in [1.165, 1.54) is 18.2 Å². The first kappa shape index (κ1) is 12.2. The van der Waals surface area contributed by atoms with Crippen molar-refractivity contribution in [2.24, 2.45) is 0 Å². The second-order valence-electron chi connectivity index (χ2n) is 3.77. The maximum Gasteiger partial charge on any atom is 0.266 e. The largest absolute Gasteiger partial charge is 0.508 e. The maximum atomic E-state index is 9.71. The van der Waals surface area contributed by atoms with E-state index in [0.29, 0.717) is 11.5 Å². The number of nitrogens with zero attached hydrogens (tertiary/aromatic N) is 3. The average molecular weight is 249 g/mol. The minimum atomic E-state index is -0.0928. The molecule has 1 aromatic heterocycles. The van der Waals surface area contributed by atoms with Gasteiger partial charge in [0, 0.05) is 19.2 Å². The predicted molar refractivity (Wildman–Crippen MR) is 66.6 cm³/mol. The van der Waals surface area contributed by atoms with Gasteiger partial charge in [-0.25, -0.2) is 0 Å². The number of rotatable bonds is 4. The number of benzene rings is 1. The number of hydrogen-bond acceptors (Lipinski definition) is 6. The monoisotopic (exact) mass is 249 g/mol. The molecule has 96 valence electrons. The van der Waals surface area contributed by atoms with Gasteiger partial charge in [-0.1, -0.05) is 0 Å². The van der Waals surface area contributed by atoms with Gasteiger partial charge in [-0.2, -0.15) is 4.98 Å². The molecule has 18 heavy (non-hydrogen) atoms. The molecule has 1 aromatic carbocycles. The van der Waals surface area contributed by atoms with E-state index < -0.39 is 0 Å². The second-order valence-corrected chi connectivity index (χ2v) is 3.77. The van der Waals surface area contributed by atoms with Crippen molar-refractivity contribution in [2.45, 2.75) is 13.8 Å². The van der Waals surface area contributed by atoms with Crippen LogP contribution in [0, 0.1) is 0 Å². The molecule has 0 radical (unpaired) electrons. The molecule has 0 aliphatic rings. The van der Waals surface area contributed by atoms with Gasteiger partial charge in [-0.05, 0) is 31.1 Å². The van der Waals surface area contributed by atoms with E-state index in [4.69, 9.17) is 4.52 Å². The van der Waals surface area contributed by atoms with Crippen molar-refractivity contribution in [3.8, 4) is 23.0 Å². The number of phenols is 2. The summed E-state index contributed by atoms with van der Waals surface area (Å²) in [6.45, 7) is 5.54. The lowest BCUT2D eigenvalue weighted by atomic mass is 10.2. The first-order chi connectivity index (χ1) is 8.65. The average Bonchev–Trinajstić information content (AvgIpc) is 2.80. The van der Waals surface area contributed by atoms with Crippen LogP contribution in [0.15, 0.2) is 22.7 Å². The van der Waals surface area contributed by atoms with E-state index in [1.54, 1.807) is 0 Å². The molecular formula is C12H15N3O3. The molecule has 0 aliphatic heterocycles. The zero-order valence-corrected chi connectivity index (χ0v) is 10.3. The molecular weight excluding hydrogens is 234 g/mol. The van der Waals surface area contributed by atoms with Gasteiger partial charge in [-0.15, -0.1) is 0 Å². The highest BCUT2D eigenvalue weighted by Crippen LogP contribution is 2.31. The minimum Gasteiger partial charge on any atom is -0.508 e. The Bertz CT molecular complexity index is 535. The lowest BCUT2D eigenvalue weighted by molar-refractivity contribution is 0.421. The highest BCUT2D eigenvalue weighted by atomic mass is 16.5. The highest BCUT2D eigenvalue weighted by molar-refractivity contribution is 5.64. The molecule has 0 fully saturated rings. The fourth-order valence-electron chi connectivity index (χ4n) is 1.66. The zero-order valence-electron chi connectivity index (χ0n) is 10.3. The van der Waals surface area contributed by atoms with Crippen molar-refractivity contribution in [2.75, 3.05) is 18.0 Å². The smallest absolute Gasteiger partial charge is 0.266 e. The number of phenolic OH excluding ortho intramolecular Hbond substituents is 2. The standard InChI is InChI=1S/C12H15N3O3/c1-3-15(4-2)12-13-11(18-14-12)9-6-5-8(16)7-10(9)17/h5-7,16-17H,3-4H2,1-2H3. The molecule has 0 saturated carbocycles. The molecule has 2 aromatic rings. The van der Waals surface area contributed by atoms with E-state index in [-0.39, 0.29) is 17.4 Å². The van der Waals surface area contributed by atoms with Crippen molar-refractivity contribution < 1.29 is 14.7 Å². The molecule has 6 heteroatoms. The molecule has 6 nitrogen and oxygen atoms in total. The van der Waals surface area contributed by atoms with Crippen LogP contribution in [-0.4, -0.2) is 33.4 Å². The Labute approximate surface area is 104 Å². The van der Waals surface area contributed by atoms with Crippen LogP contribution in [0.1, 0.15) is 13.8 Å². The quantitative estimate of drug-likeness (QED) is 0.862. The van der Waals surface area contributed by atoms with E-state index in [9.17, 15) is 10.2 Å². The fourth-order valence-corrected chi connectivity index (χ4v) is 1.66. The van der Waals surface area contributed by atoms with Gasteiger partial charge >= 0.3 is 0 Å². The van der Waals surface area contributed by atoms with Crippen molar-refractivity contribution >= 4 is 5.95 Å². The Balaban J connectivity index is 2.34. The molecule has 0 amide bonds. The normalized spacial score (nSPS) is 10.6. The molecule has 0 bridgehead atoms. The van der Waals surface area contributed by atoms with Crippen LogP contribution >= 0.6 is 0 Å². The number of hydrogen-bond donors (Lipinski definition) is 2. The van der Waals surface area contributed by atoms with Crippen molar-refractivity contribution in [3.05, 3.63) is 18.2 Å². The summed E-state index contributed by atoms with van der Waals surface area (Å²) >= 11 is 0. The third-order valence-electron chi connectivity index (χ3n) is 2.67. The van der Waals surface area contributed by atoms with Gasteiger partial charge in [0.25, 0.3) is 11.8 Å².